The van der Waals surface area contributed by atoms with Crippen molar-refractivity contribution in [3.63, 3.8) is 0 Å². The SMILES string of the molecule is CC(=O)OC1CC2C(C)(C)C(=O)C=C[C@]2(C)C2CC[C@]3(C)C(=CC(=O)OC3C3CCOC3)[C@]12C. The second-order valence-corrected chi connectivity index (χ2v) is 12.5. The van der Waals surface area contributed by atoms with Gasteiger partial charge < -0.3 is 14.2 Å². The first-order valence-corrected chi connectivity index (χ1v) is 12.8. The number of allylic oxidation sites excluding steroid dienone is 2. The molecule has 6 nitrogen and oxygen atoms in total. The molecule has 2 heterocycles. The van der Waals surface area contributed by atoms with E-state index in [1.165, 1.54) is 6.92 Å². The van der Waals surface area contributed by atoms with Crippen LogP contribution in [0.5, 0.6) is 0 Å². The van der Waals surface area contributed by atoms with E-state index in [9.17, 15) is 14.4 Å². The summed E-state index contributed by atoms with van der Waals surface area (Å²) >= 11 is 0. The third-order valence-corrected chi connectivity index (χ3v) is 10.4. The third kappa shape index (κ3) is 3.06. The maximum absolute atomic E-state index is 13.0. The smallest absolute Gasteiger partial charge is 0.331 e. The summed E-state index contributed by atoms with van der Waals surface area (Å²) in [6.45, 7) is 13.5. The van der Waals surface area contributed by atoms with Crippen molar-refractivity contribution in [2.24, 2.45) is 39.4 Å². The molecule has 3 fully saturated rings. The second-order valence-electron chi connectivity index (χ2n) is 12.5. The van der Waals surface area contributed by atoms with Gasteiger partial charge in [-0.2, -0.15) is 0 Å². The van der Waals surface area contributed by atoms with Crippen LogP contribution in [-0.4, -0.2) is 43.1 Å². The Labute approximate surface area is 202 Å². The summed E-state index contributed by atoms with van der Waals surface area (Å²) < 4.78 is 17.8. The van der Waals surface area contributed by atoms with Crippen molar-refractivity contribution in [2.45, 2.75) is 79.4 Å². The molecule has 8 atom stereocenters. The van der Waals surface area contributed by atoms with Gasteiger partial charge >= 0.3 is 11.9 Å². The maximum atomic E-state index is 13.0. The summed E-state index contributed by atoms with van der Waals surface area (Å²) in [6.07, 6.45) is 8.17. The summed E-state index contributed by atoms with van der Waals surface area (Å²) in [7, 11) is 0. The molecule has 0 radical (unpaired) electrons. The molecule has 186 valence electrons. The quantitative estimate of drug-likeness (QED) is 0.556. The Morgan fingerprint density at radius 2 is 1.82 bits per heavy atom. The number of fused-ring (bicyclic) bond motifs is 5. The van der Waals surface area contributed by atoms with Crippen molar-refractivity contribution in [1.29, 1.82) is 0 Å². The molecule has 3 aliphatic carbocycles. The molecule has 6 heteroatoms. The minimum atomic E-state index is -0.548. The summed E-state index contributed by atoms with van der Waals surface area (Å²) in [5.41, 5.74) is -0.630. The average molecular weight is 471 g/mol. The van der Waals surface area contributed by atoms with Crippen LogP contribution in [0.1, 0.15) is 67.2 Å². The number of ether oxygens (including phenoxy) is 3. The summed E-state index contributed by atoms with van der Waals surface area (Å²) in [5.74, 6) is -0.173. The first-order valence-electron chi connectivity index (χ1n) is 12.8. The topological polar surface area (TPSA) is 78.9 Å². The number of cyclic esters (lactones) is 1. The van der Waals surface area contributed by atoms with Crippen LogP contribution in [0.3, 0.4) is 0 Å². The zero-order valence-electron chi connectivity index (χ0n) is 21.3. The second kappa shape index (κ2) is 7.52. The lowest BCUT2D eigenvalue weighted by atomic mass is 9.38. The lowest BCUT2D eigenvalue weighted by Crippen LogP contribution is -2.66. The van der Waals surface area contributed by atoms with Gasteiger partial charge in [0.2, 0.25) is 0 Å². The standard InChI is InChI=1S/C28H38O6/c1-16(29)33-22-13-19-25(2,3)21(30)8-11-26(19,4)18-7-10-27(5)20(28(18,22)6)14-23(31)34-24(27)17-9-12-32-15-17/h8,11,14,17-19,22,24H,7,9-10,12-13,15H2,1-6H3/t17?,18?,19?,22?,24?,26-,27-,28-/m1/s1. The van der Waals surface area contributed by atoms with Crippen molar-refractivity contribution in [2.75, 3.05) is 13.2 Å². The Bertz CT molecular complexity index is 987. The molecule has 0 aromatic heterocycles. The first kappa shape index (κ1) is 23.8. The van der Waals surface area contributed by atoms with E-state index >= 15 is 0 Å². The van der Waals surface area contributed by atoms with E-state index in [1.807, 2.05) is 13.8 Å². The highest BCUT2D eigenvalue weighted by molar-refractivity contribution is 5.96. The van der Waals surface area contributed by atoms with Gasteiger partial charge in [-0.25, -0.2) is 4.79 Å². The molecule has 0 bridgehead atoms. The average Bonchev–Trinajstić information content (AvgIpc) is 3.28. The number of carbonyl (C=O) groups excluding carboxylic acids is 3. The first-order chi connectivity index (χ1) is 15.8. The monoisotopic (exact) mass is 470 g/mol. The van der Waals surface area contributed by atoms with Crippen molar-refractivity contribution >= 4 is 17.7 Å². The van der Waals surface area contributed by atoms with Crippen LogP contribution in [0.25, 0.3) is 0 Å². The molecular formula is C28H38O6. The van der Waals surface area contributed by atoms with E-state index in [0.717, 1.165) is 24.8 Å². The van der Waals surface area contributed by atoms with Gasteiger partial charge in [0.05, 0.1) is 6.61 Å². The molecule has 5 unspecified atom stereocenters. The van der Waals surface area contributed by atoms with Crippen LogP contribution in [-0.2, 0) is 28.6 Å². The van der Waals surface area contributed by atoms with Gasteiger partial charge in [0.25, 0.3) is 0 Å². The van der Waals surface area contributed by atoms with E-state index < -0.39 is 16.9 Å². The molecule has 1 saturated heterocycles. The van der Waals surface area contributed by atoms with Crippen LogP contribution in [0.2, 0.25) is 0 Å². The lowest BCUT2D eigenvalue weighted by Gasteiger charge is -2.67. The van der Waals surface area contributed by atoms with E-state index in [-0.39, 0.29) is 52.4 Å². The molecule has 0 spiro atoms. The highest BCUT2D eigenvalue weighted by Crippen LogP contribution is 2.71. The van der Waals surface area contributed by atoms with Gasteiger partial charge in [0.15, 0.2) is 5.78 Å². The normalized spacial score (nSPS) is 47.1. The largest absolute Gasteiger partial charge is 0.462 e. The number of hydrogen-bond acceptors (Lipinski definition) is 6. The number of rotatable bonds is 2. The van der Waals surface area contributed by atoms with Crippen molar-refractivity contribution in [3.8, 4) is 0 Å². The summed E-state index contributed by atoms with van der Waals surface area (Å²) in [4.78, 5) is 38.2. The highest BCUT2D eigenvalue weighted by atomic mass is 16.6. The van der Waals surface area contributed by atoms with Gasteiger partial charge in [0.1, 0.15) is 12.2 Å². The minimum Gasteiger partial charge on any atom is -0.462 e. The maximum Gasteiger partial charge on any atom is 0.331 e. The molecular weight excluding hydrogens is 432 g/mol. The Morgan fingerprint density at radius 3 is 2.47 bits per heavy atom. The van der Waals surface area contributed by atoms with E-state index in [1.54, 1.807) is 12.2 Å². The van der Waals surface area contributed by atoms with Gasteiger partial charge in [-0.3, -0.25) is 9.59 Å². The van der Waals surface area contributed by atoms with E-state index in [4.69, 9.17) is 14.2 Å². The molecule has 0 N–H and O–H groups in total. The number of hydrogen-bond donors (Lipinski definition) is 0. The fourth-order valence-electron chi connectivity index (χ4n) is 8.74. The molecule has 0 aromatic carbocycles. The molecule has 0 aromatic rings. The molecule has 0 amide bonds. The van der Waals surface area contributed by atoms with Crippen molar-refractivity contribution < 1.29 is 28.6 Å². The van der Waals surface area contributed by atoms with Crippen molar-refractivity contribution in [3.05, 3.63) is 23.8 Å². The van der Waals surface area contributed by atoms with E-state index in [0.29, 0.717) is 19.6 Å². The Morgan fingerprint density at radius 1 is 1.09 bits per heavy atom. The van der Waals surface area contributed by atoms with Crippen LogP contribution < -0.4 is 0 Å². The summed E-state index contributed by atoms with van der Waals surface area (Å²) in [5, 5.41) is 0. The zero-order chi connectivity index (χ0) is 24.7. The number of carbonyl (C=O) groups is 3. The van der Waals surface area contributed by atoms with Gasteiger partial charge in [-0.1, -0.05) is 40.7 Å². The minimum absolute atomic E-state index is 0.0412. The van der Waals surface area contributed by atoms with E-state index in [2.05, 4.69) is 26.8 Å². The molecule has 2 saturated carbocycles. The van der Waals surface area contributed by atoms with Crippen molar-refractivity contribution in [1.82, 2.24) is 0 Å². The molecule has 5 rings (SSSR count). The third-order valence-electron chi connectivity index (χ3n) is 10.4. The molecule has 5 aliphatic rings. The van der Waals surface area contributed by atoms with Crippen LogP contribution in [0.4, 0.5) is 0 Å². The van der Waals surface area contributed by atoms with Crippen LogP contribution >= 0.6 is 0 Å². The molecule has 2 aliphatic heterocycles. The Hall–Kier alpha value is -1.95. The highest BCUT2D eigenvalue weighted by Gasteiger charge is 2.69. The Balaban J connectivity index is 1.67. The zero-order valence-corrected chi connectivity index (χ0v) is 21.3. The lowest BCUT2D eigenvalue weighted by molar-refractivity contribution is -0.197. The summed E-state index contributed by atoms with van der Waals surface area (Å²) in [6, 6.07) is 0. The number of ketones is 1. The predicted molar refractivity (Wildman–Crippen MR) is 126 cm³/mol. The van der Waals surface area contributed by atoms with Gasteiger partial charge in [-0.15, -0.1) is 0 Å². The number of esters is 2. The molecule has 34 heavy (non-hydrogen) atoms. The van der Waals surface area contributed by atoms with Gasteiger partial charge in [-0.05, 0) is 54.6 Å². The fraction of sp³-hybridized carbons (Fsp3) is 0.750. The van der Waals surface area contributed by atoms with Crippen LogP contribution in [0.15, 0.2) is 23.8 Å². The predicted octanol–water partition coefficient (Wildman–Crippen LogP) is 4.42. The fourth-order valence-corrected chi connectivity index (χ4v) is 8.74. The Kier molecular flexibility index (Phi) is 5.26. The van der Waals surface area contributed by atoms with Crippen LogP contribution in [0, 0.1) is 39.4 Å². The van der Waals surface area contributed by atoms with Gasteiger partial charge in [0, 0.05) is 41.8 Å².